The highest BCUT2D eigenvalue weighted by Gasteiger charge is 2.38. The van der Waals surface area contributed by atoms with Crippen molar-refractivity contribution in [2.45, 2.75) is 70.1 Å². The summed E-state index contributed by atoms with van der Waals surface area (Å²) in [6.45, 7) is 4.80. The maximum Gasteiger partial charge on any atom is 0.249 e. The molecule has 2 rings (SSSR count). The van der Waals surface area contributed by atoms with Crippen LogP contribution in [0.3, 0.4) is 0 Å². The molecule has 0 radical (unpaired) electrons. The van der Waals surface area contributed by atoms with Gasteiger partial charge in [0.25, 0.3) is 0 Å². The quantitative estimate of drug-likeness (QED) is 0.803. The zero-order chi connectivity index (χ0) is 13.2. The maximum absolute atomic E-state index is 12.2. The lowest BCUT2D eigenvalue weighted by atomic mass is 9.76. The van der Waals surface area contributed by atoms with Gasteiger partial charge in [0, 0.05) is 6.54 Å². The zero-order valence-electron chi connectivity index (χ0n) is 11.6. The molecule has 0 spiro atoms. The number of nitrogens with two attached hydrogens (primary N) is 1. The number of rotatable bonds is 3. The van der Waals surface area contributed by atoms with Gasteiger partial charge < -0.3 is 15.8 Å². The highest BCUT2D eigenvalue weighted by molar-refractivity contribution is 5.81. The van der Waals surface area contributed by atoms with Gasteiger partial charge in [0.1, 0.15) is 6.10 Å². The van der Waals surface area contributed by atoms with Gasteiger partial charge in [0.2, 0.25) is 5.91 Å². The third-order valence-electron chi connectivity index (χ3n) is 4.39. The lowest BCUT2D eigenvalue weighted by Crippen LogP contribution is -2.58. The van der Waals surface area contributed by atoms with Gasteiger partial charge in [-0.1, -0.05) is 19.8 Å². The molecule has 1 saturated heterocycles. The van der Waals surface area contributed by atoms with Crippen LogP contribution in [0.15, 0.2) is 0 Å². The van der Waals surface area contributed by atoms with Crippen molar-refractivity contribution in [3.8, 4) is 0 Å². The maximum atomic E-state index is 12.2. The molecule has 2 fully saturated rings. The molecule has 1 amide bonds. The van der Waals surface area contributed by atoms with E-state index < -0.39 is 0 Å². The molecular formula is C14H26N2O2. The van der Waals surface area contributed by atoms with Gasteiger partial charge in [-0.15, -0.1) is 0 Å². The molecule has 2 aliphatic rings. The lowest BCUT2D eigenvalue weighted by molar-refractivity contribution is -0.134. The molecule has 0 aromatic heterocycles. The monoisotopic (exact) mass is 254 g/mol. The van der Waals surface area contributed by atoms with Crippen LogP contribution in [-0.4, -0.2) is 30.2 Å². The predicted molar refractivity (Wildman–Crippen MR) is 71.1 cm³/mol. The molecule has 1 aliphatic carbocycles. The summed E-state index contributed by atoms with van der Waals surface area (Å²) in [6, 6.07) is 0. The number of nitrogens with one attached hydrogen (secondary N) is 1. The second kappa shape index (κ2) is 5.57. The molecule has 104 valence electrons. The topological polar surface area (TPSA) is 64.3 Å². The molecule has 4 unspecified atom stereocenters. The first-order valence-corrected chi connectivity index (χ1v) is 7.22. The number of hydrogen-bond acceptors (Lipinski definition) is 3. The van der Waals surface area contributed by atoms with Crippen LogP contribution >= 0.6 is 0 Å². The molecule has 0 bridgehead atoms. The highest BCUT2D eigenvalue weighted by Crippen LogP contribution is 2.32. The summed E-state index contributed by atoms with van der Waals surface area (Å²) in [5.41, 5.74) is 5.73. The summed E-state index contributed by atoms with van der Waals surface area (Å²) in [6.07, 6.45) is 6.16. The second-order valence-electron chi connectivity index (χ2n) is 6.19. The minimum atomic E-state index is -0.263. The first-order chi connectivity index (χ1) is 8.54. The number of carbonyl (C=O) groups excluding carboxylic acids is 1. The van der Waals surface area contributed by atoms with Crippen molar-refractivity contribution in [3.05, 3.63) is 0 Å². The Hall–Kier alpha value is -0.610. The third kappa shape index (κ3) is 3.04. The summed E-state index contributed by atoms with van der Waals surface area (Å²) < 4.78 is 5.63. The number of carbonyl (C=O) groups is 1. The Kier molecular flexibility index (Phi) is 4.28. The van der Waals surface area contributed by atoms with Crippen molar-refractivity contribution in [1.82, 2.24) is 5.32 Å². The fourth-order valence-corrected chi connectivity index (χ4v) is 3.35. The van der Waals surface area contributed by atoms with Gasteiger partial charge in [-0.2, -0.15) is 0 Å². The third-order valence-corrected chi connectivity index (χ3v) is 4.39. The van der Waals surface area contributed by atoms with E-state index in [9.17, 15) is 4.79 Å². The Bertz CT molecular complexity index is 308. The Balaban J connectivity index is 1.95. The van der Waals surface area contributed by atoms with Crippen molar-refractivity contribution in [3.63, 3.8) is 0 Å². The zero-order valence-corrected chi connectivity index (χ0v) is 11.6. The summed E-state index contributed by atoms with van der Waals surface area (Å²) in [5.74, 6) is 0.685. The fraction of sp³-hybridized carbons (Fsp3) is 0.929. The first-order valence-electron chi connectivity index (χ1n) is 7.22. The smallest absolute Gasteiger partial charge is 0.249 e. The van der Waals surface area contributed by atoms with Crippen molar-refractivity contribution in [2.75, 3.05) is 6.54 Å². The Morgan fingerprint density at radius 2 is 2.17 bits per heavy atom. The SMILES string of the molecule is CC1CCCC(CN)(NC(=O)C2CCC(C)O2)C1. The number of ether oxygens (including phenoxy) is 1. The molecule has 18 heavy (non-hydrogen) atoms. The van der Waals surface area contributed by atoms with Crippen LogP contribution in [0.1, 0.15) is 52.4 Å². The van der Waals surface area contributed by atoms with Gasteiger partial charge in [-0.3, -0.25) is 4.79 Å². The Labute approximate surface area is 110 Å². The van der Waals surface area contributed by atoms with E-state index in [0.29, 0.717) is 12.5 Å². The molecule has 0 aromatic carbocycles. The fourth-order valence-electron chi connectivity index (χ4n) is 3.35. The molecular weight excluding hydrogens is 228 g/mol. The Morgan fingerprint density at radius 1 is 1.39 bits per heavy atom. The van der Waals surface area contributed by atoms with Gasteiger partial charge in [-0.25, -0.2) is 0 Å². The normalized spacial score (nSPS) is 40.7. The van der Waals surface area contributed by atoms with Crippen LogP contribution < -0.4 is 11.1 Å². The minimum absolute atomic E-state index is 0.0406. The molecule has 4 atom stereocenters. The molecule has 0 aromatic rings. The average molecular weight is 254 g/mol. The van der Waals surface area contributed by atoms with E-state index in [1.807, 2.05) is 6.92 Å². The molecule has 1 saturated carbocycles. The van der Waals surface area contributed by atoms with Crippen molar-refractivity contribution >= 4 is 5.91 Å². The van der Waals surface area contributed by atoms with Crippen LogP contribution in [0, 0.1) is 5.92 Å². The van der Waals surface area contributed by atoms with Crippen LogP contribution in [0.2, 0.25) is 0 Å². The van der Waals surface area contributed by atoms with Crippen molar-refractivity contribution < 1.29 is 9.53 Å². The summed E-state index contributed by atoms with van der Waals surface area (Å²) in [4.78, 5) is 12.2. The van der Waals surface area contributed by atoms with E-state index in [-0.39, 0.29) is 23.7 Å². The summed E-state index contributed by atoms with van der Waals surface area (Å²) in [7, 11) is 0. The van der Waals surface area contributed by atoms with Gasteiger partial charge in [0.15, 0.2) is 0 Å². The van der Waals surface area contributed by atoms with Crippen LogP contribution in [0.5, 0.6) is 0 Å². The van der Waals surface area contributed by atoms with Crippen LogP contribution in [-0.2, 0) is 9.53 Å². The van der Waals surface area contributed by atoms with Crippen molar-refractivity contribution in [1.29, 1.82) is 0 Å². The number of hydrogen-bond donors (Lipinski definition) is 2. The molecule has 4 nitrogen and oxygen atoms in total. The standard InChI is InChI=1S/C14H26N2O2/c1-10-4-3-7-14(8-10,9-15)16-13(17)12-6-5-11(2)18-12/h10-12H,3-9,15H2,1-2H3,(H,16,17). The average Bonchev–Trinajstić information content (AvgIpc) is 2.76. The minimum Gasteiger partial charge on any atom is -0.365 e. The molecule has 1 aliphatic heterocycles. The highest BCUT2D eigenvalue weighted by atomic mass is 16.5. The first kappa shape index (κ1) is 13.8. The molecule has 3 N–H and O–H groups in total. The lowest BCUT2D eigenvalue weighted by Gasteiger charge is -2.40. The van der Waals surface area contributed by atoms with Crippen LogP contribution in [0.4, 0.5) is 0 Å². The van der Waals surface area contributed by atoms with Gasteiger partial charge >= 0.3 is 0 Å². The molecule has 1 heterocycles. The van der Waals surface area contributed by atoms with Gasteiger partial charge in [-0.05, 0) is 38.5 Å². The van der Waals surface area contributed by atoms with Gasteiger partial charge in [0.05, 0.1) is 11.6 Å². The number of amides is 1. The largest absolute Gasteiger partial charge is 0.365 e. The van der Waals surface area contributed by atoms with E-state index in [1.54, 1.807) is 0 Å². The van der Waals surface area contributed by atoms with E-state index >= 15 is 0 Å². The second-order valence-corrected chi connectivity index (χ2v) is 6.19. The van der Waals surface area contributed by atoms with Crippen LogP contribution in [0.25, 0.3) is 0 Å². The van der Waals surface area contributed by atoms with E-state index in [0.717, 1.165) is 32.1 Å². The van der Waals surface area contributed by atoms with E-state index in [2.05, 4.69) is 12.2 Å². The van der Waals surface area contributed by atoms with E-state index in [4.69, 9.17) is 10.5 Å². The molecule has 4 heteroatoms. The predicted octanol–water partition coefficient (Wildman–Crippen LogP) is 1.58. The Morgan fingerprint density at radius 3 is 2.72 bits per heavy atom. The van der Waals surface area contributed by atoms with Crippen molar-refractivity contribution in [2.24, 2.45) is 11.7 Å². The summed E-state index contributed by atoms with van der Waals surface area (Å²) >= 11 is 0. The van der Waals surface area contributed by atoms with E-state index in [1.165, 1.54) is 6.42 Å². The summed E-state index contributed by atoms with van der Waals surface area (Å²) in [5, 5.41) is 3.19.